The van der Waals surface area contributed by atoms with Gasteiger partial charge in [-0.2, -0.15) is 0 Å². The van der Waals surface area contributed by atoms with Crippen LogP contribution in [-0.2, 0) is 0 Å². The minimum atomic E-state index is 0.789. The molecule has 0 aromatic heterocycles. The first-order chi connectivity index (χ1) is 7.83. The van der Waals surface area contributed by atoms with Gasteiger partial charge in [-0.15, -0.1) is 0 Å². The number of nitrogens with zero attached hydrogens (tertiary/aromatic N) is 1. The molecule has 1 aliphatic carbocycles. The number of fused-ring (bicyclic) bond motifs is 2. The van der Waals surface area contributed by atoms with Crippen LogP contribution in [0.4, 0.5) is 0 Å². The second kappa shape index (κ2) is 4.52. The van der Waals surface area contributed by atoms with Gasteiger partial charge in [-0.25, -0.2) is 0 Å². The summed E-state index contributed by atoms with van der Waals surface area (Å²) >= 11 is 0. The maximum atomic E-state index is 2.61. The summed E-state index contributed by atoms with van der Waals surface area (Å²) in [7, 11) is 2.32. The Morgan fingerprint density at radius 1 is 1.12 bits per heavy atom. The Bertz CT molecular complexity index is 275. The van der Waals surface area contributed by atoms with Crippen LogP contribution >= 0.6 is 0 Å². The predicted octanol–water partition coefficient (Wildman–Crippen LogP) is 3.75. The maximum Gasteiger partial charge on any atom is 0.0281 e. The molecule has 0 spiro atoms. The molecular formula is C15H25N. The summed E-state index contributed by atoms with van der Waals surface area (Å²) in [6.07, 6.45) is 15.7. The molecule has 0 N–H and O–H groups in total. The zero-order chi connectivity index (χ0) is 11.0. The fourth-order valence-electron chi connectivity index (χ4n) is 4.04. The van der Waals surface area contributed by atoms with Gasteiger partial charge in [0.15, 0.2) is 0 Å². The molecule has 2 unspecified atom stereocenters. The van der Waals surface area contributed by atoms with E-state index < -0.39 is 0 Å². The molecule has 2 heterocycles. The van der Waals surface area contributed by atoms with E-state index in [0.717, 1.165) is 18.0 Å². The summed E-state index contributed by atoms with van der Waals surface area (Å²) in [4.78, 5) is 2.60. The van der Waals surface area contributed by atoms with Crippen LogP contribution in [0.3, 0.4) is 0 Å². The van der Waals surface area contributed by atoms with Crippen molar-refractivity contribution in [3.63, 3.8) is 0 Å². The third-order valence-electron chi connectivity index (χ3n) is 5.10. The maximum absolute atomic E-state index is 2.61. The van der Waals surface area contributed by atoms with Crippen molar-refractivity contribution in [2.45, 2.75) is 69.9 Å². The van der Waals surface area contributed by atoms with Gasteiger partial charge >= 0.3 is 0 Å². The molecule has 0 amide bonds. The molecule has 2 atom stereocenters. The van der Waals surface area contributed by atoms with E-state index in [1.54, 1.807) is 5.57 Å². The molecular weight excluding hydrogens is 194 g/mol. The SMILES string of the molecule is CN1C2C=C(CC3CCCCC3)CC1CC2. The average Bonchev–Trinajstić information content (AvgIpc) is 2.54. The number of rotatable bonds is 2. The second-order valence-corrected chi connectivity index (χ2v) is 6.20. The van der Waals surface area contributed by atoms with E-state index in [4.69, 9.17) is 0 Å². The van der Waals surface area contributed by atoms with E-state index in [9.17, 15) is 0 Å². The van der Waals surface area contributed by atoms with Gasteiger partial charge in [0.25, 0.3) is 0 Å². The van der Waals surface area contributed by atoms with Crippen molar-refractivity contribution in [1.29, 1.82) is 0 Å². The largest absolute Gasteiger partial charge is 0.297 e. The Kier molecular flexibility index (Phi) is 3.06. The molecule has 2 bridgehead atoms. The first-order valence-corrected chi connectivity index (χ1v) is 7.24. The van der Waals surface area contributed by atoms with Crippen molar-refractivity contribution in [3.05, 3.63) is 11.6 Å². The lowest BCUT2D eigenvalue weighted by Crippen LogP contribution is -2.35. The lowest BCUT2D eigenvalue weighted by atomic mass is 9.82. The zero-order valence-corrected chi connectivity index (χ0v) is 10.6. The Balaban J connectivity index is 1.61. The van der Waals surface area contributed by atoms with Gasteiger partial charge in [-0.05, 0) is 38.6 Å². The van der Waals surface area contributed by atoms with Gasteiger partial charge in [0, 0.05) is 12.1 Å². The van der Waals surface area contributed by atoms with Gasteiger partial charge in [0.2, 0.25) is 0 Å². The number of hydrogen-bond acceptors (Lipinski definition) is 1. The number of hydrogen-bond donors (Lipinski definition) is 0. The van der Waals surface area contributed by atoms with Crippen LogP contribution in [0.5, 0.6) is 0 Å². The lowest BCUT2D eigenvalue weighted by Gasteiger charge is -2.32. The topological polar surface area (TPSA) is 3.24 Å². The molecule has 3 aliphatic rings. The summed E-state index contributed by atoms with van der Waals surface area (Å²) in [6, 6.07) is 1.67. The van der Waals surface area contributed by atoms with Crippen LogP contribution in [0, 0.1) is 5.92 Å². The van der Waals surface area contributed by atoms with E-state index in [-0.39, 0.29) is 0 Å². The highest BCUT2D eigenvalue weighted by Crippen LogP contribution is 2.37. The van der Waals surface area contributed by atoms with Crippen molar-refractivity contribution in [2.24, 2.45) is 5.92 Å². The number of likely N-dealkylation sites (N-methyl/N-ethyl adjacent to an activating group) is 1. The minimum Gasteiger partial charge on any atom is -0.297 e. The smallest absolute Gasteiger partial charge is 0.0281 e. The summed E-state index contributed by atoms with van der Waals surface area (Å²) < 4.78 is 0. The third-order valence-corrected chi connectivity index (χ3v) is 5.10. The lowest BCUT2D eigenvalue weighted by molar-refractivity contribution is 0.246. The van der Waals surface area contributed by atoms with Crippen molar-refractivity contribution in [2.75, 3.05) is 7.05 Å². The summed E-state index contributed by atoms with van der Waals surface area (Å²) in [5, 5.41) is 0. The highest BCUT2D eigenvalue weighted by atomic mass is 15.2. The molecule has 16 heavy (non-hydrogen) atoms. The quantitative estimate of drug-likeness (QED) is 0.639. The van der Waals surface area contributed by atoms with E-state index in [0.29, 0.717) is 0 Å². The van der Waals surface area contributed by atoms with Gasteiger partial charge in [-0.3, -0.25) is 4.90 Å². The molecule has 0 aromatic rings. The van der Waals surface area contributed by atoms with Gasteiger partial charge in [0.1, 0.15) is 0 Å². The van der Waals surface area contributed by atoms with Gasteiger partial charge in [0.05, 0.1) is 0 Å². The Hall–Kier alpha value is -0.300. The molecule has 1 heteroatoms. The first-order valence-electron chi connectivity index (χ1n) is 7.24. The van der Waals surface area contributed by atoms with Crippen molar-refractivity contribution >= 4 is 0 Å². The molecule has 2 aliphatic heterocycles. The van der Waals surface area contributed by atoms with E-state index in [1.807, 2.05) is 0 Å². The van der Waals surface area contributed by atoms with Gasteiger partial charge < -0.3 is 0 Å². The highest BCUT2D eigenvalue weighted by Gasteiger charge is 2.33. The van der Waals surface area contributed by atoms with Crippen LogP contribution in [-0.4, -0.2) is 24.0 Å². The third kappa shape index (κ3) is 2.07. The van der Waals surface area contributed by atoms with Crippen LogP contribution in [0.1, 0.15) is 57.8 Å². The molecule has 1 saturated carbocycles. The van der Waals surface area contributed by atoms with Crippen molar-refractivity contribution in [3.8, 4) is 0 Å². The summed E-state index contributed by atoms with van der Waals surface area (Å²) in [5.74, 6) is 1.03. The standard InChI is InChI=1S/C15H25N/c1-16-14-7-8-15(16)11-13(10-14)9-12-5-3-2-4-6-12/h10,12,14-15H,2-9,11H2,1H3. The summed E-state index contributed by atoms with van der Waals surface area (Å²) in [6.45, 7) is 0. The van der Waals surface area contributed by atoms with Gasteiger partial charge in [-0.1, -0.05) is 43.8 Å². The van der Waals surface area contributed by atoms with Crippen molar-refractivity contribution < 1.29 is 0 Å². The first kappa shape index (κ1) is 10.8. The predicted molar refractivity (Wildman–Crippen MR) is 68.5 cm³/mol. The molecule has 2 fully saturated rings. The van der Waals surface area contributed by atoms with E-state index in [2.05, 4.69) is 18.0 Å². The molecule has 90 valence electrons. The Labute approximate surface area is 99.9 Å². The Morgan fingerprint density at radius 2 is 1.94 bits per heavy atom. The second-order valence-electron chi connectivity index (χ2n) is 6.20. The highest BCUT2D eigenvalue weighted by molar-refractivity contribution is 5.17. The van der Waals surface area contributed by atoms with E-state index >= 15 is 0 Å². The Morgan fingerprint density at radius 3 is 2.69 bits per heavy atom. The van der Waals surface area contributed by atoms with Crippen LogP contribution in [0.25, 0.3) is 0 Å². The van der Waals surface area contributed by atoms with E-state index in [1.165, 1.54) is 57.8 Å². The van der Waals surface area contributed by atoms with Crippen LogP contribution in [0.15, 0.2) is 11.6 Å². The fourth-order valence-corrected chi connectivity index (χ4v) is 4.04. The monoisotopic (exact) mass is 219 g/mol. The fraction of sp³-hybridized carbons (Fsp3) is 0.867. The van der Waals surface area contributed by atoms with Crippen LogP contribution < -0.4 is 0 Å². The molecule has 3 rings (SSSR count). The zero-order valence-electron chi connectivity index (χ0n) is 10.6. The molecule has 1 saturated heterocycles. The molecule has 1 nitrogen and oxygen atoms in total. The molecule has 0 aromatic carbocycles. The van der Waals surface area contributed by atoms with Crippen molar-refractivity contribution in [1.82, 2.24) is 4.90 Å². The minimum absolute atomic E-state index is 0.789. The average molecular weight is 219 g/mol. The van der Waals surface area contributed by atoms with Crippen LogP contribution in [0.2, 0.25) is 0 Å². The molecule has 0 radical (unpaired) electrons. The normalized spacial score (nSPS) is 36.4. The summed E-state index contributed by atoms with van der Waals surface area (Å²) in [5.41, 5.74) is 1.80.